The molecule has 0 aliphatic rings. The predicted molar refractivity (Wildman–Crippen MR) is 91.4 cm³/mol. The summed E-state index contributed by atoms with van der Waals surface area (Å²) in [6.45, 7) is 11.8. The van der Waals surface area contributed by atoms with E-state index in [0.29, 0.717) is 0 Å². The van der Waals surface area contributed by atoms with Crippen LogP contribution in [0, 0.1) is 41.5 Å². The van der Waals surface area contributed by atoms with Crippen LogP contribution in [-0.4, -0.2) is 45.0 Å². The molecule has 0 radical (unpaired) electrons. The van der Waals surface area contributed by atoms with Crippen LogP contribution in [0.4, 0.5) is 0 Å². The molecule has 0 amide bonds. The van der Waals surface area contributed by atoms with Gasteiger partial charge in [0, 0.05) is 21.1 Å². The molecular weight excluding hydrogens is 306 g/mol. The highest BCUT2D eigenvalue weighted by Crippen LogP contribution is 1.97. The molecule has 0 spiro atoms. The Kier molecular flexibility index (Phi) is 6.75. The Morgan fingerprint density at radius 1 is 0.542 bits per heavy atom. The average Bonchev–Trinajstić information content (AvgIpc) is 3.10. The number of aromatic nitrogens is 9. The smallest absolute Gasteiger partial charge is 0.0825 e. The summed E-state index contributed by atoms with van der Waals surface area (Å²) < 4.78 is 3.52. The van der Waals surface area contributed by atoms with Crippen LogP contribution in [0.2, 0.25) is 0 Å². The summed E-state index contributed by atoms with van der Waals surface area (Å²) in [7, 11) is 5.59. The van der Waals surface area contributed by atoms with Crippen molar-refractivity contribution in [3.05, 3.63) is 34.2 Å². The van der Waals surface area contributed by atoms with Gasteiger partial charge in [0.05, 0.1) is 34.2 Å². The number of aryl methyl sites for hydroxylation is 7. The van der Waals surface area contributed by atoms with E-state index in [0.717, 1.165) is 34.2 Å². The van der Waals surface area contributed by atoms with Crippen LogP contribution in [0.5, 0.6) is 0 Å². The van der Waals surface area contributed by atoms with Gasteiger partial charge in [-0.25, -0.2) is 0 Å². The Balaban J connectivity index is 0.000000180. The molecule has 24 heavy (non-hydrogen) atoms. The van der Waals surface area contributed by atoms with Crippen molar-refractivity contribution in [2.75, 3.05) is 0 Å². The maximum absolute atomic E-state index is 4.02. The van der Waals surface area contributed by atoms with Crippen LogP contribution in [0.25, 0.3) is 0 Å². The monoisotopic (exact) mass is 333 g/mol. The molecule has 0 bridgehead atoms. The first-order chi connectivity index (χ1) is 11.1. The normalized spacial score (nSPS) is 9.88. The van der Waals surface area contributed by atoms with Crippen LogP contribution in [-0.2, 0) is 21.1 Å². The minimum absolute atomic E-state index is 1.01. The zero-order chi connectivity index (χ0) is 18.4. The van der Waals surface area contributed by atoms with Gasteiger partial charge in [0.15, 0.2) is 0 Å². The molecule has 3 aromatic rings. The van der Waals surface area contributed by atoms with Gasteiger partial charge in [-0.3, -0.25) is 9.36 Å². The molecule has 0 atom stereocenters. The summed E-state index contributed by atoms with van der Waals surface area (Å²) in [6.07, 6.45) is 0. The van der Waals surface area contributed by atoms with Crippen molar-refractivity contribution >= 4 is 0 Å². The van der Waals surface area contributed by atoms with E-state index in [1.165, 1.54) is 0 Å². The van der Waals surface area contributed by atoms with Crippen molar-refractivity contribution in [2.45, 2.75) is 41.5 Å². The quantitative estimate of drug-likeness (QED) is 0.615. The van der Waals surface area contributed by atoms with Crippen LogP contribution in [0.15, 0.2) is 0 Å². The third kappa shape index (κ3) is 5.25. The molecule has 9 heteroatoms. The van der Waals surface area contributed by atoms with Crippen molar-refractivity contribution in [1.82, 2.24) is 45.0 Å². The second-order valence-electron chi connectivity index (χ2n) is 5.63. The molecule has 0 saturated carbocycles. The zero-order valence-electron chi connectivity index (χ0n) is 16.0. The number of hydrogen-bond acceptors (Lipinski definition) is 6. The summed E-state index contributed by atoms with van der Waals surface area (Å²) >= 11 is 0. The molecule has 0 aliphatic heterocycles. The maximum Gasteiger partial charge on any atom is 0.0825 e. The lowest BCUT2D eigenvalue weighted by Crippen LogP contribution is -1.92. The molecule has 0 aromatic carbocycles. The highest BCUT2D eigenvalue weighted by atomic mass is 15.5. The Hall–Kier alpha value is -2.58. The van der Waals surface area contributed by atoms with E-state index in [-0.39, 0.29) is 0 Å². The third-order valence-corrected chi connectivity index (χ3v) is 3.79. The third-order valence-electron chi connectivity index (χ3n) is 3.79. The number of hydrogen-bond donors (Lipinski definition) is 0. The Morgan fingerprint density at radius 2 is 0.875 bits per heavy atom. The van der Waals surface area contributed by atoms with Crippen molar-refractivity contribution in [1.29, 1.82) is 0 Å². The van der Waals surface area contributed by atoms with Gasteiger partial charge >= 0.3 is 0 Å². The van der Waals surface area contributed by atoms with Crippen molar-refractivity contribution in [2.24, 2.45) is 21.1 Å². The second kappa shape index (κ2) is 8.32. The topological polar surface area (TPSA) is 92.1 Å². The van der Waals surface area contributed by atoms with Gasteiger partial charge in [-0.1, -0.05) is 10.4 Å². The van der Waals surface area contributed by atoms with E-state index >= 15 is 0 Å². The first kappa shape index (κ1) is 19.5. The summed E-state index contributed by atoms with van der Waals surface area (Å²) in [4.78, 5) is 1.57. The van der Waals surface area contributed by atoms with Crippen molar-refractivity contribution < 1.29 is 0 Å². The number of nitrogens with zero attached hydrogens (tertiary/aromatic N) is 9. The van der Waals surface area contributed by atoms with Crippen molar-refractivity contribution in [3.8, 4) is 0 Å². The fourth-order valence-corrected chi connectivity index (χ4v) is 1.62. The lowest BCUT2D eigenvalue weighted by molar-refractivity contribution is 0.646. The minimum atomic E-state index is 1.01. The summed E-state index contributed by atoms with van der Waals surface area (Å²) in [5.74, 6) is 0. The summed E-state index contributed by atoms with van der Waals surface area (Å²) in [5, 5.41) is 23.3. The lowest BCUT2D eigenvalue weighted by Gasteiger charge is -1.87. The molecule has 3 heterocycles. The molecule has 3 aromatic heterocycles. The first-order valence-corrected chi connectivity index (χ1v) is 7.63. The SMILES string of the molecule is Cc1nn(C)nc1C.Cc1nnn(C)c1C.Cc1nnn(C)c1C. The van der Waals surface area contributed by atoms with Gasteiger partial charge in [-0.2, -0.15) is 15.0 Å². The van der Waals surface area contributed by atoms with E-state index in [2.05, 4.69) is 30.8 Å². The van der Waals surface area contributed by atoms with E-state index in [4.69, 9.17) is 0 Å². The van der Waals surface area contributed by atoms with E-state index in [1.807, 2.05) is 62.7 Å². The molecule has 9 nitrogen and oxygen atoms in total. The molecule has 132 valence electrons. The first-order valence-electron chi connectivity index (χ1n) is 7.63. The predicted octanol–water partition coefficient (Wildman–Crippen LogP) is 1.30. The van der Waals surface area contributed by atoms with Gasteiger partial charge < -0.3 is 0 Å². The molecule has 0 unspecified atom stereocenters. The molecule has 0 fully saturated rings. The lowest BCUT2D eigenvalue weighted by atomic mass is 10.4. The highest BCUT2D eigenvalue weighted by Gasteiger charge is 1.97. The van der Waals surface area contributed by atoms with Gasteiger partial charge in [0.2, 0.25) is 0 Å². The van der Waals surface area contributed by atoms with Crippen LogP contribution in [0.3, 0.4) is 0 Å². The molecule has 0 aliphatic carbocycles. The zero-order valence-corrected chi connectivity index (χ0v) is 16.0. The molecule has 0 N–H and O–H groups in total. The molecule has 3 rings (SSSR count). The Labute approximate surface area is 142 Å². The van der Waals surface area contributed by atoms with E-state index in [9.17, 15) is 0 Å². The molecular formula is C15H27N9. The molecule has 0 saturated heterocycles. The van der Waals surface area contributed by atoms with Gasteiger partial charge in [0.25, 0.3) is 0 Å². The fourth-order valence-electron chi connectivity index (χ4n) is 1.62. The fraction of sp³-hybridized carbons (Fsp3) is 0.600. The van der Waals surface area contributed by atoms with Gasteiger partial charge in [-0.05, 0) is 41.5 Å². The Bertz CT molecular complexity index is 676. The number of rotatable bonds is 0. The Morgan fingerprint density at radius 3 is 0.958 bits per heavy atom. The van der Waals surface area contributed by atoms with Crippen LogP contribution >= 0.6 is 0 Å². The summed E-state index contributed by atoms with van der Waals surface area (Å²) in [5.41, 5.74) is 6.29. The standard InChI is InChI=1S/3C5H9N3/c2*1-4-5(2)8(3)7-6-4;1-4-5(2)7-8(3)6-4/h3*1-3H3. The van der Waals surface area contributed by atoms with E-state index < -0.39 is 0 Å². The van der Waals surface area contributed by atoms with Gasteiger partial charge in [-0.15, -0.1) is 10.2 Å². The highest BCUT2D eigenvalue weighted by molar-refractivity contribution is 5.04. The van der Waals surface area contributed by atoms with Crippen LogP contribution < -0.4 is 0 Å². The largest absolute Gasteiger partial charge is 0.252 e. The van der Waals surface area contributed by atoms with Gasteiger partial charge in [0.1, 0.15) is 0 Å². The van der Waals surface area contributed by atoms with Crippen molar-refractivity contribution in [3.63, 3.8) is 0 Å². The second-order valence-corrected chi connectivity index (χ2v) is 5.63. The van der Waals surface area contributed by atoms with E-state index in [1.54, 1.807) is 14.2 Å². The average molecular weight is 333 g/mol. The van der Waals surface area contributed by atoms with Crippen LogP contribution in [0.1, 0.15) is 34.2 Å². The maximum atomic E-state index is 4.02. The summed E-state index contributed by atoms with van der Waals surface area (Å²) in [6, 6.07) is 0. The minimum Gasteiger partial charge on any atom is -0.252 e.